The minimum Gasteiger partial charge on any atom is -0.472 e. The van der Waals surface area contributed by atoms with Gasteiger partial charge in [0, 0.05) is 49.9 Å². The minimum absolute atomic E-state index is 0.0718. The van der Waals surface area contributed by atoms with Gasteiger partial charge in [0.05, 0.1) is 17.9 Å². The maximum Gasteiger partial charge on any atom is 0.257 e. The molecule has 5 rings (SSSR count). The predicted molar refractivity (Wildman–Crippen MR) is 115 cm³/mol. The fourth-order valence-electron chi connectivity index (χ4n) is 5.17. The molecule has 0 aliphatic carbocycles. The molecule has 0 unspecified atom stereocenters. The topological polar surface area (TPSA) is 49.6 Å². The highest BCUT2D eigenvalue weighted by molar-refractivity contribution is 5.94. The number of benzene rings is 1. The lowest BCUT2D eigenvalue weighted by Crippen LogP contribution is -2.36. The molecule has 5 heteroatoms. The van der Waals surface area contributed by atoms with Crippen LogP contribution in [0.1, 0.15) is 33.4 Å². The summed E-state index contributed by atoms with van der Waals surface area (Å²) >= 11 is 0. The summed E-state index contributed by atoms with van der Waals surface area (Å²) in [5, 5.41) is 0. The molecule has 0 radical (unpaired) electrons. The van der Waals surface area contributed by atoms with Gasteiger partial charge in [-0.05, 0) is 36.6 Å². The second-order valence-electron chi connectivity index (χ2n) is 8.53. The Labute approximate surface area is 177 Å². The van der Waals surface area contributed by atoms with E-state index in [2.05, 4.69) is 51.2 Å². The highest BCUT2D eigenvalue weighted by Gasteiger charge is 2.49. The molecule has 3 aromatic rings. The van der Waals surface area contributed by atoms with Crippen molar-refractivity contribution in [1.82, 2.24) is 14.8 Å². The van der Waals surface area contributed by atoms with Gasteiger partial charge in [-0.1, -0.05) is 36.4 Å². The largest absolute Gasteiger partial charge is 0.472 e. The molecule has 2 saturated heterocycles. The molecule has 1 amide bonds. The number of aromatic nitrogens is 1. The van der Waals surface area contributed by atoms with E-state index in [4.69, 9.17) is 4.42 Å². The quantitative estimate of drug-likeness (QED) is 0.649. The average Bonchev–Trinajstić information content (AvgIpc) is 3.48. The maximum absolute atomic E-state index is 13.2. The molecule has 0 bridgehead atoms. The summed E-state index contributed by atoms with van der Waals surface area (Å²) in [5.74, 6) is 1.02. The third kappa shape index (κ3) is 3.65. The van der Waals surface area contributed by atoms with Crippen LogP contribution < -0.4 is 0 Å². The lowest BCUT2D eigenvalue weighted by atomic mass is 9.89. The van der Waals surface area contributed by atoms with Crippen LogP contribution in [0.3, 0.4) is 0 Å². The molecule has 0 spiro atoms. The van der Waals surface area contributed by atoms with E-state index >= 15 is 0 Å². The Balaban J connectivity index is 1.33. The summed E-state index contributed by atoms with van der Waals surface area (Å²) in [5.41, 5.74) is 4.09. The molecule has 4 heterocycles. The Bertz CT molecular complexity index is 1000. The van der Waals surface area contributed by atoms with Crippen LogP contribution in [0, 0.1) is 18.8 Å². The number of carbonyl (C=O) groups excluding carboxylic acids is 1. The third-order valence-electron chi connectivity index (χ3n) is 6.54. The molecule has 2 aromatic heterocycles. The first-order chi connectivity index (χ1) is 14.7. The number of likely N-dealkylation sites (tertiary alicyclic amines) is 2. The van der Waals surface area contributed by atoms with Crippen molar-refractivity contribution in [3.63, 3.8) is 0 Å². The van der Waals surface area contributed by atoms with Gasteiger partial charge < -0.3 is 14.2 Å². The van der Waals surface area contributed by atoms with Crippen LogP contribution in [0.2, 0.25) is 0 Å². The van der Waals surface area contributed by atoms with E-state index in [0.717, 1.165) is 44.0 Å². The van der Waals surface area contributed by atoms with Gasteiger partial charge in [-0.3, -0.25) is 9.78 Å². The Morgan fingerprint density at radius 3 is 2.70 bits per heavy atom. The molecular weight excluding hydrogens is 374 g/mol. The summed E-state index contributed by atoms with van der Waals surface area (Å²) in [6.07, 6.45) is 4.09. The van der Waals surface area contributed by atoms with Gasteiger partial charge >= 0.3 is 0 Å². The number of hydrogen-bond donors (Lipinski definition) is 0. The first kappa shape index (κ1) is 19.1. The predicted octanol–water partition coefficient (Wildman–Crippen LogP) is 3.97. The number of aryl methyl sites for hydroxylation is 1. The van der Waals surface area contributed by atoms with Gasteiger partial charge in [-0.2, -0.15) is 0 Å². The van der Waals surface area contributed by atoms with Crippen LogP contribution in [-0.4, -0.2) is 46.9 Å². The molecule has 2 fully saturated rings. The normalized spacial score (nSPS) is 23.6. The molecule has 1 aromatic carbocycles. The monoisotopic (exact) mass is 401 g/mol. The van der Waals surface area contributed by atoms with Crippen LogP contribution in [-0.2, 0) is 6.42 Å². The zero-order valence-electron chi connectivity index (χ0n) is 17.3. The highest BCUT2D eigenvalue weighted by atomic mass is 16.3. The number of carbonyl (C=O) groups is 1. The molecule has 3 atom stereocenters. The number of fused-ring (bicyclic) bond motifs is 1. The summed E-state index contributed by atoms with van der Waals surface area (Å²) in [6, 6.07) is 18.6. The lowest BCUT2D eigenvalue weighted by molar-refractivity contribution is 0.0700. The second kappa shape index (κ2) is 8.07. The zero-order chi connectivity index (χ0) is 20.5. The van der Waals surface area contributed by atoms with E-state index in [1.807, 2.05) is 19.1 Å². The standard InChI is InChI=1S/C25H27N3O2/c1-18-6-5-9-22(26-18)10-12-27-14-21-15-28(25(29)20-11-13-30-17-20)24(23(21)16-27)19-7-3-2-4-8-19/h2-9,11,13,17,21,23-24H,10,12,14-16H2,1H3/t21-,23-,24-/m0/s1. The van der Waals surface area contributed by atoms with E-state index in [-0.39, 0.29) is 11.9 Å². The molecule has 154 valence electrons. The molecule has 5 nitrogen and oxygen atoms in total. The summed E-state index contributed by atoms with van der Waals surface area (Å²) in [6.45, 7) is 5.91. The number of furan rings is 1. The summed E-state index contributed by atoms with van der Waals surface area (Å²) in [7, 11) is 0. The molecule has 0 saturated carbocycles. The van der Waals surface area contributed by atoms with Crippen molar-refractivity contribution < 1.29 is 9.21 Å². The van der Waals surface area contributed by atoms with Crippen molar-refractivity contribution in [3.05, 3.63) is 89.6 Å². The first-order valence-electron chi connectivity index (χ1n) is 10.7. The van der Waals surface area contributed by atoms with E-state index in [9.17, 15) is 4.79 Å². The number of amides is 1. The Hall–Kier alpha value is -2.92. The SMILES string of the molecule is Cc1cccc(CCN2C[C@H]3CN(C(=O)c4ccoc4)[C@@H](c4ccccc4)[C@H]3C2)n1. The minimum atomic E-state index is 0.0718. The first-order valence-corrected chi connectivity index (χ1v) is 10.7. The smallest absolute Gasteiger partial charge is 0.257 e. The van der Waals surface area contributed by atoms with Gasteiger partial charge in [-0.25, -0.2) is 0 Å². The Morgan fingerprint density at radius 1 is 1.07 bits per heavy atom. The number of hydrogen-bond acceptors (Lipinski definition) is 4. The molecule has 2 aliphatic heterocycles. The summed E-state index contributed by atoms with van der Waals surface area (Å²) < 4.78 is 5.17. The van der Waals surface area contributed by atoms with Crippen LogP contribution >= 0.6 is 0 Å². The van der Waals surface area contributed by atoms with Crippen LogP contribution in [0.15, 0.2) is 71.5 Å². The van der Waals surface area contributed by atoms with Gasteiger partial charge in [0.25, 0.3) is 5.91 Å². The van der Waals surface area contributed by atoms with E-state index in [0.29, 0.717) is 17.4 Å². The van der Waals surface area contributed by atoms with E-state index < -0.39 is 0 Å². The van der Waals surface area contributed by atoms with E-state index in [1.54, 1.807) is 18.6 Å². The Morgan fingerprint density at radius 2 is 1.93 bits per heavy atom. The highest BCUT2D eigenvalue weighted by Crippen LogP contribution is 2.45. The van der Waals surface area contributed by atoms with Crippen molar-refractivity contribution in [1.29, 1.82) is 0 Å². The van der Waals surface area contributed by atoms with Gasteiger partial charge in [0.15, 0.2) is 0 Å². The zero-order valence-corrected chi connectivity index (χ0v) is 17.3. The van der Waals surface area contributed by atoms with Gasteiger partial charge in [0.1, 0.15) is 6.26 Å². The molecular formula is C25H27N3O2. The molecule has 30 heavy (non-hydrogen) atoms. The number of pyridine rings is 1. The lowest BCUT2D eigenvalue weighted by Gasteiger charge is -2.29. The van der Waals surface area contributed by atoms with E-state index in [1.165, 1.54) is 5.56 Å². The second-order valence-corrected chi connectivity index (χ2v) is 8.53. The average molecular weight is 402 g/mol. The number of rotatable bonds is 5. The van der Waals surface area contributed by atoms with Gasteiger partial charge in [-0.15, -0.1) is 0 Å². The molecule has 2 aliphatic rings. The van der Waals surface area contributed by atoms with Gasteiger partial charge in [0.2, 0.25) is 0 Å². The fraction of sp³-hybridized carbons (Fsp3) is 0.360. The fourth-order valence-corrected chi connectivity index (χ4v) is 5.17. The van der Waals surface area contributed by atoms with Crippen molar-refractivity contribution in [3.8, 4) is 0 Å². The van der Waals surface area contributed by atoms with Crippen LogP contribution in [0.5, 0.6) is 0 Å². The summed E-state index contributed by atoms with van der Waals surface area (Å²) in [4.78, 5) is 22.5. The van der Waals surface area contributed by atoms with Crippen molar-refractivity contribution in [2.24, 2.45) is 11.8 Å². The van der Waals surface area contributed by atoms with Crippen molar-refractivity contribution in [2.45, 2.75) is 19.4 Å². The molecule has 0 N–H and O–H groups in total. The van der Waals surface area contributed by atoms with Crippen LogP contribution in [0.25, 0.3) is 0 Å². The van der Waals surface area contributed by atoms with Crippen molar-refractivity contribution in [2.75, 3.05) is 26.2 Å². The Kier molecular flexibility index (Phi) is 5.13. The maximum atomic E-state index is 13.2. The van der Waals surface area contributed by atoms with Crippen molar-refractivity contribution >= 4 is 5.91 Å². The van der Waals surface area contributed by atoms with Crippen LogP contribution in [0.4, 0.5) is 0 Å². The third-order valence-corrected chi connectivity index (χ3v) is 6.54. The number of nitrogens with zero attached hydrogens (tertiary/aromatic N) is 3.